The number of hydrogen-bond donors (Lipinski definition) is 4. The molecule has 2 atom stereocenters. The Morgan fingerprint density at radius 3 is 1.62 bits per heavy atom. The summed E-state index contributed by atoms with van der Waals surface area (Å²) in [4.78, 5) is 0. The molecule has 0 rings (SSSR count). The molecule has 24 heavy (non-hydrogen) atoms. The lowest BCUT2D eigenvalue weighted by Crippen LogP contribution is -2.23. The van der Waals surface area contributed by atoms with Crippen molar-refractivity contribution in [3.8, 4) is 0 Å². The van der Waals surface area contributed by atoms with Gasteiger partial charge in [0.25, 0.3) is 0 Å². The fraction of sp³-hybridized carbons (Fsp3) is 1.00. The normalized spacial score (nSPS) is 12.8. The molecule has 0 aliphatic carbocycles. The molecule has 0 heterocycles. The Bertz CT molecular complexity index is 201. The summed E-state index contributed by atoms with van der Waals surface area (Å²) in [5.74, 6) is 0. The second-order valence-electron chi connectivity index (χ2n) is 4.86. The number of aliphatic hydroxyl groups is 4. The first-order valence-corrected chi connectivity index (χ1v) is 8.32. The van der Waals surface area contributed by atoms with Gasteiger partial charge < -0.3 is 39.4 Å². The van der Waals surface area contributed by atoms with E-state index in [1.165, 1.54) is 6.92 Å². The quantitative estimate of drug-likeness (QED) is 0.288. The highest BCUT2D eigenvalue weighted by Crippen LogP contribution is 1.95. The zero-order valence-corrected chi connectivity index (χ0v) is 15.8. The summed E-state index contributed by atoms with van der Waals surface area (Å²) in [6.45, 7) is 12.0. The van der Waals surface area contributed by atoms with Gasteiger partial charge in [0.2, 0.25) is 0 Å². The minimum atomic E-state index is -0.882. The Hall–Kier alpha value is -0.320. The maximum Gasteiger partial charge on any atom is 0.178 e. The molecule has 0 saturated carbocycles. The molecule has 0 aromatic carbocycles. The monoisotopic (exact) mass is 358 g/mol. The highest BCUT2D eigenvalue weighted by molar-refractivity contribution is 4.42. The van der Waals surface area contributed by atoms with Crippen molar-refractivity contribution in [3.05, 3.63) is 0 Å². The van der Waals surface area contributed by atoms with E-state index in [2.05, 4.69) is 0 Å². The first kappa shape index (κ1) is 28.5. The number of rotatable bonds is 12. The predicted octanol–water partition coefficient (Wildman–Crippen LogP) is 0.158. The summed E-state index contributed by atoms with van der Waals surface area (Å²) in [6, 6.07) is 0. The standard InChI is InChI=1S/C9H20O5.C4H10O.C3H8O2/c1-8(2)14-9(11)7-13-6-5-12-4-3-10;1-3-5-4-2;1-3(5)2-4/h8-11H,3-7H2,1-2H3;3-4H2,1-2H3;3-5H,2H2,1H3. The van der Waals surface area contributed by atoms with Gasteiger partial charge in [-0.2, -0.15) is 0 Å². The average molecular weight is 358 g/mol. The summed E-state index contributed by atoms with van der Waals surface area (Å²) in [6.07, 6.45) is -1.46. The molecule has 4 N–H and O–H groups in total. The van der Waals surface area contributed by atoms with Gasteiger partial charge in [-0.15, -0.1) is 0 Å². The Balaban J connectivity index is -0.000000361. The molecule has 0 spiro atoms. The summed E-state index contributed by atoms with van der Waals surface area (Å²) >= 11 is 0. The molecule has 8 nitrogen and oxygen atoms in total. The van der Waals surface area contributed by atoms with Crippen molar-refractivity contribution in [2.45, 2.75) is 53.1 Å². The van der Waals surface area contributed by atoms with Gasteiger partial charge in [-0.3, -0.25) is 0 Å². The van der Waals surface area contributed by atoms with E-state index in [1.807, 2.05) is 27.7 Å². The maximum atomic E-state index is 9.19. The lowest BCUT2D eigenvalue weighted by atomic mass is 10.5. The molecule has 0 aromatic rings. The minimum absolute atomic E-state index is 0.0130. The molecule has 0 bridgehead atoms. The summed E-state index contributed by atoms with van der Waals surface area (Å²) in [7, 11) is 0. The van der Waals surface area contributed by atoms with E-state index < -0.39 is 12.4 Å². The van der Waals surface area contributed by atoms with Gasteiger partial charge in [-0.25, -0.2) is 0 Å². The van der Waals surface area contributed by atoms with Gasteiger partial charge in [0.15, 0.2) is 6.29 Å². The van der Waals surface area contributed by atoms with Crippen LogP contribution in [0.2, 0.25) is 0 Å². The highest BCUT2D eigenvalue weighted by Gasteiger charge is 2.05. The van der Waals surface area contributed by atoms with E-state index in [-0.39, 0.29) is 25.9 Å². The molecule has 0 aliphatic rings. The second-order valence-corrected chi connectivity index (χ2v) is 4.86. The third-order valence-electron chi connectivity index (χ3n) is 1.97. The lowest BCUT2D eigenvalue weighted by molar-refractivity contribution is -0.160. The average Bonchev–Trinajstić information content (AvgIpc) is 2.52. The Morgan fingerprint density at radius 1 is 0.792 bits per heavy atom. The van der Waals surface area contributed by atoms with Gasteiger partial charge in [-0.05, 0) is 34.6 Å². The molecular formula is C16H38O8. The first-order valence-electron chi connectivity index (χ1n) is 8.32. The fourth-order valence-corrected chi connectivity index (χ4v) is 1.03. The maximum absolute atomic E-state index is 9.19. The number of hydrogen-bond acceptors (Lipinski definition) is 8. The smallest absolute Gasteiger partial charge is 0.178 e. The van der Waals surface area contributed by atoms with E-state index in [0.717, 1.165) is 13.2 Å². The van der Waals surface area contributed by atoms with Crippen LogP contribution in [0.15, 0.2) is 0 Å². The van der Waals surface area contributed by atoms with Crippen molar-refractivity contribution < 1.29 is 39.4 Å². The van der Waals surface area contributed by atoms with Crippen LogP contribution in [-0.2, 0) is 18.9 Å². The topological polar surface area (TPSA) is 118 Å². The van der Waals surface area contributed by atoms with E-state index >= 15 is 0 Å². The van der Waals surface area contributed by atoms with Gasteiger partial charge in [0.05, 0.1) is 51.8 Å². The SMILES string of the molecule is CC(C)OC(O)COCCOCCO.CC(O)CO.CCOCC. The Labute approximate surface area is 146 Å². The van der Waals surface area contributed by atoms with E-state index in [0.29, 0.717) is 19.8 Å². The van der Waals surface area contributed by atoms with Crippen LogP contribution in [0.1, 0.15) is 34.6 Å². The molecule has 0 aliphatic heterocycles. The van der Waals surface area contributed by atoms with Crippen LogP contribution in [0.25, 0.3) is 0 Å². The van der Waals surface area contributed by atoms with Gasteiger partial charge in [0.1, 0.15) is 0 Å². The van der Waals surface area contributed by atoms with Crippen LogP contribution in [0, 0.1) is 0 Å². The predicted molar refractivity (Wildman–Crippen MR) is 91.9 cm³/mol. The van der Waals surface area contributed by atoms with Crippen LogP contribution in [0.5, 0.6) is 0 Å². The van der Waals surface area contributed by atoms with Crippen molar-refractivity contribution in [1.29, 1.82) is 0 Å². The molecule has 8 heteroatoms. The molecule has 0 radical (unpaired) electrons. The van der Waals surface area contributed by atoms with Crippen LogP contribution in [0.3, 0.4) is 0 Å². The third kappa shape index (κ3) is 37.7. The zero-order valence-electron chi connectivity index (χ0n) is 15.8. The van der Waals surface area contributed by atoms with Gasteiger partial charge in [0, 0.05) is 13.2 Å². The van der Waals surface area contributed by atoms with E-state index in [9.17, 15) is 5.11 Å². The molecule has 0 amide bonds. The molecule has 150 valence electrons. The van der Waals surface area contributed by atoms with E-state index in [1.54, 1.807) is 0 Å². The van der Waals surface area contributed by atoms with Crippen molar-refractivity contribution in [2.24, 2.45) is 0 Å². The molecular weight excluding hydrogens is 320 g/mol. The summed E-state index contributed by atoms with van der Waals surface area (Å²) in [5, 5.41) is 33.6. The van der Waals surface area contributed by atoms with Crippen molar-refractivity contribution in [1.82, 2.24) is 0 Å². The molecule has 0 fully saturated rings. The van der Waals surface area contributed by atoms with Crippen LogP contribution in [-0.4, -0.2) is 91.8 Å². The van der Waals surface area contributed by atoms with Gasteiger partial charge >= 0.3 is 0 Å². The summed E-state index contributed by atoms with van der Waals surface area (Å²) < 4.78 is 19.9. The number of ether oxygens (including phenoxy) is 4. The van der Waals surface area contributed by atoms with Crippen molar-refractivity contribution in [2.75, 3.05) is 52.9 Å². The fourth-order valence-electron chi connectivity index (χ4n) is 1.03. The third-order valence-corrected chi connectivity index (χ3v) is 1.97. The van der Waals surface area contributed by atoms with Crippen molar-refractivity contribution >= 4 is 0 Å². The minimum Gasteiger partial charge on any atom is -0.394 e. The second kappa shape index (κ2) is 24.9. The van der Waals surface area contributed by atoms with E-state index in [4.69, 9.17) is 34.3 Å². The van der Waals surface area contributed by atoms with Gasteiger partial charge in [-0.1, -0.05) is 0 Å². The molecule has 0 aromatic heterocycles. The van der Waals surface area contributed by atoms with Crippen LogP contribution >= 0.6 is 0 Å². The van der Waals surface area contributed by atoms with Crippen LogP contribution in [0.4, 0.5) is 0 Å². The lowest BCUT2D eigenvalue weighted by Gasteiger charge is -2.14. The molecule has 2 unspecified atom stereocenters. The Kier molecular flexibility index (Phi) is 29.6. The zero-order chi connectivity index (χ0) is 19.2. The summed E-state index contributed by atoms with van der Waals surface area (Å²) in [5.41, 5.74) is 0. The highest BCUT2D eigenvalue weighted by atomic mass is 16.6. The Morgan fingerprint density at radius 2 is 1.29 bits per heavy atom. The van der Waals surface area contributed by atoms with Crippen molar-refractivity contribution in [3.63, 3.8) is 0 Å². The number of aliphatic hydroxyl groups excluding tert-OH is 4. The molecule has 0 saturated heterocycles. The van der Waals surface area contributed by atoms with Crippen LogP contribution < -0.4 is 0 Å². The first-order chi connectivity index (χ1) is 11.3. The largest absolute Gasteiger partial charge is 0.394 e.